The molecule has 3 N–H and O–H groups in total. The number of benzene rings is 1. The van der Waals surface area contributed by atoms with Crippen LogP contribution in [0.25, 0.3) is 11.3 Å². The third-order valence-corrected chi connectivity index (χ3v) is 4.51. The Morgan fingerprint density at radius 2 is 2.04 bits per heavy atom. The molecule has 0 saturated carbocycles. The molecule has 4 rings (SSSR count). The summed E-state index contributed by atoms with van der Waals surface area (Å²) in [4.78, 5) is 2.22. The predicted octanol–water partition coefficient (Wildman–Crippen LogP) is 1.72. The molecule has 1 aromatic carbocycles. The summed E-state index contributed by atoms with van der Waals surface area (Å²) < 4.78 is 27.1. The van der Waals surface area contributed by atoms with Gasteiger partial charge >= 0.3 is 0 Å². The highest BCUT2D eigenvalue weighted by Crippen LogP contribution is 2.37. The van der Waals surface area contributed by atoms with Gasteiger partial charge < -0.3 is 20.6 Å². The number of phenols is 1. The van der Waals surface area contributed by atoms with Gasteiger partial charge in [0.05, 0.1) is 17.4 Å². The molecule has 2 aliphatic heterocycles. The number of rotatable bonds is 1. The first-order valence-electron chi connectivity index (χ1n) is 7.83. The monoisotopic (exact) mass is 333 g/mol. The second-order valence-corrected chi connectivity index (χ2v) is 6.24. The number of aromatic nitrogens is 2. The standard InChI is InChI=1S/C16H17F2N5O/c1-8-7-23-10(5-19-8)6-20-16-14(23)4-13(21-22-16)11-2-9(17)3-12(18)15(11)24/h2-4,8,10,19,24H,5-7H2,1H3,(H,20,22)/t8-,10-/m1/s1. The molecule has 0 amide bonds. The number of nitrogens with zero attached hydrogens (tertiary/aromatic N) is 3. The minimum absolute atomic E-state index is 0.00638. The molecule has 1 aromatic heterocycles. The summed E-state index contributed by atoms with van der Waals surface area (Å²) in [5, 5.41) is 24.7. The Hall–Kier alpha value is -2.48. The Labute approximate surface area is 137 Å². The molecule has 6 nitrogen and oxygen atoms in total. The average Bonchev–Trinajstić information content (AvgIpc) is 2.57. The van der Waals surface area contributed by atoms with Gasteiger partial charge in [-0.25, -0.2) is 8.78 Å². The fourth-order valence-electron chi connectivity index (χ4n) is 3.27. The summed E-state index contributed by atoms with van der Waals surface area (Å²) in [7, 11) is 0. The fourth-order valence-corrected chi connectivity index (χ4v) is 3.27. The third kappa shape index (κ3) is 2.43. The number of anilines is 2. The largest absolute Gasteiger partial charge is 0.504 e. The molecular weight excluding hydrogens is 316 g/mol. The van der Waals surface area contributed by atoms with Crippen molar-refractivity contribution in [3.8, 4) is 17.0 Å². The molecule has 3 heterocycles. The Bertz CT molecular complexity index is 800. The summed E-state index contributed by atoms with van der Waals surface area (Å²) in [5.41, 5.74) is 1.06. The molecule has 24 heavy (non-hydrogen) atoms. The molecule has 2 aromatic rings. The van der Waals surface area contributed by atoms with Crippen LogP contribution in [-0.4, -0.2) is 47.0 Å². The molecule has 2 atom stereocenters. The minimum Gasteiger partial charge on any atom is -0.504 e. The van der Waals surface area contributed by atoms with E-state index in [1.165, 1.54) is 0 Å². The van der Waals surface area contributed by atoms with Gasteiger partial charge in [-0.1, -0.05) is 0 Å². The molecule has 1 fully saturated rings. The second-order valence-electron chi connectivity index (χ2n) is 6.24. The maximum absolute atomic E-state index is 13.6. The molecule has 126 valence electrons. The van der Waals surface area contributed by atoms with Gasteiger partial charge in [0.1, 0.15) is 5.82 Å². The van der Waals surface area contributed by atoms with Crippen molar-refractivity contribution < 1.29 is 13.9 Å². The van der Waals surface area contributed by atoms with E-state index < -0.39 is 17.4 Å². The van der Waals surface area contributed by atoms with Crippen LogP contribution in [0.5, 0.6) is 5.75 Å². The van der Waals surface area contributed by atoms with Crippen LogP contribution in [0.2, 0.25) is 0 Å². The summed E-state index contributed by atoms with van der Waals surface area (Å²) in [6.07, 6.45) is 0. The number of hydrogen-bond donors (Lipinski definition) is 3. The first kappa shape index (κ1) is 15.1. The number of piperazine rings is 1. The van der Waals surface area contributed by atoms with E-state index in [4.69, 9.17) is 0 Å². The lowest BCUT2D eigenvalue weighted by molar-refractivity contribution is 0.412. The van der Waals surface area contributed by atoms with Crippen LogP contribution in [0, 0.1) is 11.6 Å². The van der Waals surface area contributed by atoms with Crippen LogP contribution in [0.15, 0.2) is 18.2 Å². The van der Waals surface area contributed by atoms with Gasteiger partial charge in [0.15, 0.2) is 17.4 Å². The zero-order valence-electron chi connectivity index (χ0n) is 13.1. The van der Waals surface area contributed by atoms with Crippen molar-refractivity contribution in [2.24, 2.45) is 0 Å². The van der Waals surface area contributed by atoms with Crippen molar-refractivity contribution in [1.82, 2.24) is 15.5 Å². The van der Waals surface area contributed by atoms with Gasteiger partial charge in [0.25, 0.3) is 0 Å². The maximum Gasteiger partial charge on any atom is 0.172 e. The normalized spacial score (nSPS) is 22.5. The molecule has 0 unspecified atom stereocenters. The van der Waals surface area contributed by atoms with Gasteiger partial charge in [-0.05, 0) is 19.1 Å². The third-order valence-electron chi connectivity index (χ3n) is 4.51. The SMILES string of the molecule is C[C@@H]1CN2c3cc(-c4cc(F)cc(F)c4O)nnc3NC[C@H]2CN1. The molecule has 0 radical (unpaired) electrons. The van der Waals surface area contributed by atoms with Gasteiger partial charge in [0.2, 0.25) is 0 Å². The van der Waals surface area contributed by atoms with E-state index >= 15 is 0 Å². The molecule has 8 heteroatoms. The average molecular weight is 333 g/mol. The number of nitrogens with one attached hydrogen (secondary N) is 2. The van der Waals surface area contributed by atoms with Gasteiger partial charge in [-0.3, -0.25) is 0 Å². The summed E-state index contributed by atoms with van der Waals surface area (Å²) >= 11 is 0. The van der Waals surface area contributed by atoms with Gasteiger partial charge in [-0.15, -0.1) is 10.2 Å². The number of hydrogen-bond acceptors (Lipinski definition) is 6. The van der Waals surface area contributed by atoms with Crippen LogP contribution >= 0.6 is 0 Å². The van der Waals surface area contributed by atoms with E-state index in [2.05, 4.69) is 32.7 Å². The van der Waals surface area contributed by atoms with Crippen LogP contribution < -0.4 is 15.5 Å². The zero-order chi connectivity index (χ0) is 16.8. The van der Waals surface area contributed by atoms with Crippen LogP contribution in [0.4, 0.5) is 20.3 Å². The van der Waals surface area contributed by atoms with Crippen LogP contribution in [0.1, 0.15) is 6.92 Å². The van der Waals surface area contributed by atoms with E-state index in [9.17, 15) is 13.9 Å². The summed E-state index contributed by atoms with van der Waals surface area (Å²) in [6.45, 7) is 4.49. The molecule has 0 bridgehead atoms. The summed E-state index contributed by atoms with van der Waals surface area (Å²) in [6, 6.07) is 4.00. The maximum atomic E-state index is 13.6. The Morgan fingerprint density at radius 1 is 1.21 bits per heavy atom. The first-order valence-corrected chi connectivity index (χ1v) is 7.83. The highest BCUT2D eigenvalue weighted by molar-refractivity contribution is 5.76. The smallest absolute Gasteiger partial charge is 0.172 e. The first-order chi connectivity index (χ1) is 11.5. The van der Waals surface area contributed by atoms with Gasteiger partial charge in [0, 0.05) is 37.3 Å². The lowest BCUT2D eigenvalue weighted by atomic mass is 10.0. The Kier molecular flexibility index (Phi) is 3.49. The van der Waals surface area contributed by atoms with E-state index in [1.807, 2.05) is 0 Å². The van der Waals surface area contributed by atoms with Crippen molar-refractivity contribution in [3.63, 3.8) is 0 Å². The number of aromatic hydroxyl groups is 1. The topological polar surface area (TPSA) is 73.3 Å². The van der Waals surface area contributed by atoms with E-state index in [0.29, 0.717) is 17.9 Å². The molecule has 1 saturated heterocycles. The highest BCUT2D eigenvalue weighted by Gasteiger charge is 2.32. The zero-order valence-corrected chi connectivity index (χ0v) is 13.1. The molecule has 0 spiro atoms. The van der Waals surface area contributed by atoms with Crippen molar-refractivity contribution in [2.75, 3.05) is 29.9 Å². The quantitative estimate of drug-likeness (QED) is 0.738. The van der Waals surface area contributed by atoms with Crippen molar-refractivity contribution in [3.05, 3.63) is 29.8 Å². The molecule has 2 aliphatic rings. The highest BCUT2D eigenvalue weighted by atomic mass is 19.1. The number of phenolic OH excluding ortho intramolecular Hbond substituents is 1. The minimum atomic E-state index is -1.02. The van der Waals surface area contributed by atoms with E-state index in [0.717, 1.165) is 31.4 Å². The fraction of sp³-hybridized carbons (Fsp3) is 0.375. The van der Waals surface area contributed by atoms with Crippen LogP contribution in [-0.2, 0) is 0 Å². The Balaban J connectivity index is 1.80. The van der Waals surface area contributed by atoms with Crippen LogP contribution in [0.3, 0.4) is 0 Å². The number of fused-ring (bicyclic) bond motifs is 3. The van der Waals surface area contributed by atoms with Crippen molar-refractivity contribution in [2.45, 2.75) is 19.0 Å². The lowest BCUT2D eigenvalue weighted by Crippen LogP contribution is -2.59. The van der Waals surface area contributed by atoms with E-state index in [-0.39, 0.29) is 17.3 Å². The predicted molar refractivity (Wildman–Crippen MR) is 86.1 cm³/mol. The Morgan fingerprint density at radius 3 is 2.88 bits per heavy atom. The van der Waals surface area contributed by atoms with Crippen molar-refractivity contribution in [1.29, 1.82) is 0 Å². The van der Waals surface area contributed by atoms with E-state index in [1.54, 1.807) is 6.07 Å². The second kappa shape index (κ2) is 5.55. The molecule has 0 aliphatic carbocycles. The number of halogens is 2. The lowest BCUT2D eigenvalue weighted by Gasteiger charge is -2.44. The molecular formula is C16H17F2N5O. The van der Waals surface area contributed by atoms with Crippen molar-refractivity contribution >= 4 is 11.5 Å². The summed E-state index contributed by atoms with van der Waals surface area (Å²) in [5.74, 6) is -1.77. The van der Waals surface area contributed by atoms with Gasteiger partial charge in [-0.2, -0.15) is 0 Å².